The Bertz CT molecular complexity index is 267. The zero-order chi connectivity index (χ0) is 13.0. The van der Waals surface area contributed by atoms with Crippen LogP contribution in [0.4, 0.5) is 0 Å². The van der Waals surface area contributed by atoms with E-state index in [9.17, 15) is 4.79 Å². The third kappa shape index (κ3) is 4.25. The Morgan fingerprint density at radius 2 is 1.78 bits per heavy atom. The average Bonchev–Trinajstić information content (AvgIpc) is 2.28. The van der Waals surface area contributed by atoms with Gasteiger partial charge in [-0.2, -0.15) is 0 Å². The minimum absolute atomic E-state index is 0.221. The third-order valence-electron chi connectivity index (χ3n) is 4.00. The molecule has 0 aromatic carbocycles. The Morgan fingerprint density at radius 1 is 1.17 bits per heavy atom. The summed E-state index contributed by atoms with van der Waals surface area (Å²) in [4.78, 5) is 13.4. The Balaban J connectivity index is 1.72. The summed E-state index contributed by atoms with van der Waals surface area (Å²) in [7, 11) is 0. The van der Waals surface area contributed by atoms with Crippen LogP contribution in [0.1, 0.15) is 46.0 Å². The molecule has 1 aliphatic heterocycles. The molecule has 3 atom stereocenters. The lowest BCUT2D eigenvalue weighted by Crippen LogP contribution is -3.16. The fourth-order valence-corrected chi connectivity index (χ4v) is 3.29. The van der Waals surface area contributed by atoms with E-state index in [0.717, 1.165) is 25.9 Å². The van der Waals surface area contributed by atoms with Gasteiger partial charge in [0.2, 0.25) is 0 Å². The fraction of sp³-hybridized carbons (Fsp3) is 0.929. The van der Waals surface area contributed by atoms with Crippen molar-refractivity contribution in [3.05, 3.63) is 0 Å². The maximum Gasteiger partial charge on any atom is 0.275 e. The van der Waals surface area contributed by atoms with Gasteiger partial charge in [0.1, 0.15) is 25.3 Å². The van der Waals surface area contributed by atoms with Gasteiger partial charge in [0.25, 0.3) is 5.91 Å². The summed E-state index contributed by atoms with van der Waals surface area (Å²) in [5, 5.41) is 3.20. The molecule has 1 amide bonds. The highest BCUT2D eigenvalue weighted by Crippen LogP contribution is 2.16. The van der Waals surface area contributed by atoms with Gasteiger partial charge in [0.05, 0.1) is 0 Å². The number of morpholine rings is 1. The van der Waals surface area contributed by atoms with E-state index in [0.29, 0.717) is 12.6 Å². The first-order chi connectivity index (χ1) is 8.63. The Hall–Kier alpha value is -0.610. The second-order valence-electron chi connectivity index (χ2n) is 5.99. The summed E-state index contributed by atoms with van der Waals surface area (Å²) < 4.78 is 5.70. The topological polar surface area (TPSA) is 42.8 Å². The molecular weight excluding hydrogens is 228 g/mol. The van der Waals surface area contributed by atoms with Gasteiger partial charge >= 0.3 is 0 Å². The molecule has 18 heavy (non-hydrogen) atoms. The van der Waals surface area contributed by atoms with E-state index in [1.807, 2.05) is 0 Å². The van der Waals surface area contributed by atoms with E-state index < -0.39 is 0 Å². The molecule has 4 heteroatoms. The van der Waals surface area contributed by atoms with Crippen LogP contribution in [-0.2, 0) is 9.53 Å². The lowest BCUT2D eigenvalue weighted by atomic mass is 9.95. The first-order valence-corrected chi connectivity index (χ1v) is 7.42. The van der Waals surface area contributed by atoms with Crippen molar-refractivity contribution in [2.45, 2.75) is 64.2 Å². The summed E-state index contributed by atoms with van der Waals surface area (Å²) in [6, 6.07) is 0.432. The highest BCUT2D eigenvalue weighted by Gasteiger charge is 2.27. The molecule has 2 aliphatic rings. The number of amides is 1. The predicted octanol–water partition coefficient (Wildman–Crippen LogP) is 0.127. The molecule has 104 valence electrons. The number of nitrogens with one attached hydrogen (secondary N) is 2. The van der Waals surface area contributed by atoms with Crippen LogP contribution in [0.15, 0.2) is 0 Å². The summed E-state index contributed by atoms with van der Waals surface area (Å²) in [6.07, 6.45) is 6.73. The molecule has 4 nitrogen and oxygen atoms in total. The van der Waals surface area contributed by atoms with Crippen molar-refractivity contribution >= 4 is 5.91 Å². The zero-order valence-corrected chi connectivity index (χ0v) is 11.7. The fourth-order valence-electron chi connectivity index (χ4n) is 3.29. The van der Waals surface area contributed by atoms with Crippen molar-refractivity contribution in [3.63, 3.8) is 0 Å². The number of hydrogen-bond donors (Lipinski definition) is 2. The number of hydrogen-bond acceptors (Lipinski definition) is 2. The van der Waals surface area contributed by atoms with E-state index in [2.05, 4.69) is 19.2 Å². The Morgan fingerprint density at radius 3 is 2.39 bits per heavy atom. The van der Waals surface area contributed by atoms with Gasteiger partial charge in [0, 0.05) is 6.04 Å². The molecule has 0 spiro atoms. The summed E-state index contributed by atoms with van der Waals surface area (Å²) in [5.41, 5.74) is 0. The average molecular weight is 255 g/mol. The Kier molecular flexibility index (Phi) is 5.01. The van der Waals surface area contributed by atoms with E-state index in [1.165, 1.54) is 24.2 Å². The maximum absolute atomic E-state index is 12.0. The number of rotatable bonds is 3. The van der Waals surface area contributed by atoms with Gasteiger partial charge in [-0.15, -0.1) is 0 Å². The van der Waals surface area contributed by atoms with Gasteiger partial charge in [-0.3, -0.25) is 4.79 Å². The van der Waals surface area contributed by atoms with Gasteiger partial charge < -0.3 is 15.0 Å². The number of carbonyl (C=O) groups excluding carboxylic acids is 1. The lowest BCUT2D eigenvalue weighted by Gasteiger charge is -2.32. The van der Waals surface area contributed by atoms with Gasteiger partial charge in [-0.1, -0.05) is 19.3 Å². The molecule has 0 aromatic rings. The minimum Gasteiger partial charge on any atom is -0.364 e. The van der Waals surface area contributed by atoms with Crippen LogP contribution in [0.25, 0.3) is 0 Å². The molecule has 1 unspecified atom stereocenters. The molecule has 1 heterocycles. The van der Waals surface area contributed by atoms with Gasteiger partial charge in [-0.05, 0) is 26.7 Å². The van der Waals surface area contributed by atoms with Crippen LogP contribution < -0.4 is 10.2 Å². The largest absolute Gasteiger partial charge is 0.364 e. The predicted molar refractivity (Wildman–Crippen MR) is 70.6 cm³/mol. The maximum atomic E-state index is 12.0. The smallest absolute Gasteiger partial charge is 0.275 e. The highest BCUT2D eigenvalue weighted by atomic mass is 16.5. The van der Waals surface area contributed by atoms with Crippen LogP contribution in [-0.4, -0.2) is 43.8 Å². The molecule has 0 bridgehead atoms. The SMILES string of the molecule is C[C@@H]1C[NH+](CC(=O)NC2CCCCC2)C[C@H](C)O1. The first kappa shape index (κ1) is 13.8. The van der Waals surface area contributed by atoms with Crippen molar-refractivity contribution in [2.75, 3.05) is 19.6 Å². The lowest BCUT2D eigenvalue weighted by molar-refractivity contribution is -0.907. The van der Waals surface area contributed by atoms with Crippen LogP contribution >= 0.6 is 0 Å². The molecule has 2 N–H and O–H groups in total. The van der Waals surface area contributed by atoms with Gasteiger partial charge in [0.15, 0.2) is 6.54 Å². The van der Waals surface area contributed by atoms with Crippen LogP contribution in [0.5, 0.6) is 0 Å². The highest BCUT2D eigenvalue weighted by molar-refractivity contribution is 5.77. The summed E-state index contributed by atoms with van der Waals surface area (Å²) in [5.74, 6) is 0.221. The first-order valence-electron chi connectivity index (χ1n) is 7.42. The van der Waals surface area contributed by atoms with Crippen LogP contribution in [0.3, 0.4) is 0 Å². The molecule has 2 fully saturated rings. The van der Waals surface area contributed by atoms with E-state index in [-0.39, 0.29) is 18.1 Å². The van der Waals surface area contributed by atoms with E-state index in [1.54, 1.807) is 0 Å². The van der Waals surface area contributed by atoms with Crippen LogP contribution in [0, 0.1) is 0 Å². The van der Waals surface area contributed by atoms with Crippen molar-refractivity contribution in [1.82, 2.24) is 5.32 Å². The van der Waals surface area contributed by atoms with Crippen molar-refractivity contribution in [1.29, 1.82) is 0 Å². The van der Waals surface area contributed by atoms with Crippen molar-refractivity contribution < 1.29 is 14.4 Å². The number of ether oxygens (including phenoxy) is 1. The van der Waals surface area contributed by atoms with Crippen molar-refractivity contribution in [3.8, 4) is 0 Å². The number of carbonyl (C=O) groups is 1. The molecule has 1 saturated heterocycles. The van der Waals surface area contributed by atoms with Crippen LogP contribution in [0.2, 0.25) is 0 Å². The molecule has 1 saturated carbocycles. The third-order valence-corrected chi connectivity index (χ3v) is 4.00. The second kappa shape index (κ2) is 6.53. The van der Waals surface area contributed by atoms with Gasteiger partial charge in [-0.25, -0.2) is 0 Å². The molecule has 0 aromatic heterocycles. The second-order valence-corrected chi connectivity index (χ2v) is 5.99. The zero-order valence-electron chi connectivity index (χ0n) is 11.7. The number of quaternary nitrogens is 1. The van der Waals surface area contributed by atoms with E-state index >= 15 is 0 Å². The molecule has 1 aliphatic carbocycles. The van der Waals surface area contributed by atoms with Crippen molar-refractivity contribution in [2.24, 2.45) is 0 Å². The quantitative estimate of drug-likeness (QED) is 0.753. The molecular formula is C14H27N2O2+. The molecule has 0 radical (unpaired) electrons. The molecule has 2 rings (SSSR count). The summed E-state index contributed by atoms with van der Waals surface area (Å²) >= 11 is 0. The normalized spacial score (nSPS) is 34.2. The minimum atomic E-state index is 0.221. The van der Waals surface area contributed by atoms with E-state index in [4.69, 9.17) is 4.74 Å². The standard InChI is InChI=1S/C14H26N2O2/c1-11-8-16(9-12(2)18-11)10-14(17)15-13-6-4-3-5-7-13/h11-13H,3-10H2,1-2H3,(H,15,17)/p+1/t11-,12+. The monoisotopic (exact) mass is 255 g/mol. The Labute approximate surface area is 110 Å². The summed E-state index contributed by atoms with van der Waals surface area (Å²) in [6.45, 7) is 6.68.